The molecule has 16 aliphatic carbocycles. The van der Waals surface area contributed by atoms with Crippen LogP contribution in [-0.4, -0.2) is 60.0 Å². The average molecular weight is 911 g/mol. The third kappa shape index (κ3) is 6.48. The number of ether oxygens (including phenoxy) is 5. The van der Waals surface area contributed by atoms with Gasteiger partial charge < -0.3 is 28.8 Å². The predicted octanol–water partition coefficient (Wildman–Crippen LogP) is 10.9. The van der Waals surface area contributed by atoms with Gasteiger partial charge in [0.05, 0.1) is 34.5 Å². The van der Waals surface area contributed by atoms with E-state index < -0.39 is 54.2 Å². The van der Waals surface area contributed by atoms with Gasteiger partial charge in [0, 0.05) is 23.7 Å². The number of carbonyl (C=O) groups excluding carboxylic acids is 4. The minimum Gasteiger partial charge on any atom is -0.481 e. The lowest BCUT2D eigenvalue weighted by Gasteiger charge is -2.60. The Labute approximate surface area is 393 Å². The first-order chi connectivity index (χ1) is 31.0. The van der Waals surface area contributed by atoms with Crippen molar-refractivity contribution in [3.8, 4) is 0 Å². The lowest BCUT2D eigenvalue weighted by molar-refractivity contribution is -0.182. The maximum absolute atomic E-state index is 15.4. The van der Waals surface area contributed by atoms with Gasteiger partial charge in [-0.05, 0) is 165 Å². The molecule has 0 saturated heterocycles. The first kappa shape index (κ1) is 45.2. The first-order valence-electron chi connectivity index (χ1n) is 26.4. The number of fused-ring (bicyclic) bond motifs is 10. The highest BCUT2D eigenvalue weighted by Gasteiger charge is 2.61. The summed E-state index contributed by atoms with van der Waals surface area (Å²) in [5, 5.41) is 12.6. The van der Waals surface area contributed by atoms with E-state index in [1.54, 1.807) is 0 Å². The van der Waals surface area contributed by atoms with Crippen LogP contribution in [0.1, 0.15) is 166 Å². The Bertz CT molecular complexity index is 2070. The molecular formula is C56H78O10. The molecule has 10 nitrogen and oxygen atoms in total. The molecule has 0 heterocycles. The summed E-state index contributed by atoms with van der Waals surface area (Å²) in [7, 11) is 0. The molecular weight excluding hydrogens is 833 g/mol. The van der Waals surface area contributed by atoms with Crippen molar-refractivity contribution < 1.29 is 48.0 Å². The molecule has 0 aromatic heterocycles. The van der Waals surface area contributed by atoms with Gasteiger partial charge >= 0.3 is 23.9 Å². The summed E-state index contributed by atoms with van der Waals surface area (Å²) in [6.45, 7) is 22.5. The monoisotopic (exact) mass is 911 g/mol. The van der Waals surface area contributed by atoms with Crippen molar-refractivity contribution in [3.05, 3.63) is 33.8 Å². The van der Waals surface area contributed by atoms with E-state index in [0.717, 1.165) is 70.6 Å². The number of aliphatic hydroxyl groups excluding tert-OH is 1. The molecule has 0 aliphatic heterocycles. The molecule has 10 bridgehead atoms. The minimum atomic E-state index is -0.885. The van der Waals surface area contributed by atoms with Crippen LogP contribution >= 0.6 is 0 Å². The van der Waals surface area contributed by atoms with Gasteiger partial charge in [-0.15, -0.1) is 0 Å². The van der Waals surface area contributed by atoms with Crippen LogP contribution in [-0.2, 0) is 42.9 Å². The van der Waals surface area contributed by atoms with E-state index in [4.69, 9.17) is 23.7 Å². The minimum absolute atomic E-state index is 0.0353. The van der Waals surface area contributed by atoms with Crippen molar-refractivity contribution in [2.24, 2.45) is 92.2 Å². The molecule has 0 radical (unpaired) electrons. The Morgan fingerprint density at radius 3 is 0.955 bits per heavy atom. The quantitative estimate of drug-likeness (QED) is 0.121. The molecule has 15 saturated carbocycles. The van der Waals surface area contributed by atoms with Crippen LogP contribution in [0.4, 0.5) is 0 Å². The number of hydrogen-bond donors (Lipinski definition) is 1. The van der Waals surface area contributed by atoms with Crippen molar-refractivity contribution >= 4 is 23.9 Å². The fourth-order valence-electron chi connectivity index (χ4n) is 17.4. The van der Waals surface area contributed by atoms with Crippen molar-refractivity contribution in [1.29, 1.82) is 0 Å². The van der Waals surface area contributed by atoms with Gasteiger partial charge in [-0.3, -0.25) is 0 Å². The van der Waals surface area contributed by atoms with Gasteiger partial charge in [0.15, 0.2) is 0 Å². The number of rotatable bonds is 11. The Balaban J connectivity index is 1.04. The summed E-state index contributed by atoms with van der Waals surface area (Å²) in [4.78, 5) is 61.7. The summed E-state index contributed by atoms with van der Waals surface area (Å²) in [6.07, 6.45) is 11.3. The largest absolute Gasteiger partial charge is 0.481 e. The molecule has 1 N–H and O–H groups in total. The van der Waals surface area contributed by atoms with E-state index in [2.05, 4.69) is 69.2 Å². The topological polar surface area (TPSA) is 135 Å². The van der Waals surface area contributed by atoms with E-state index in [-0.39, 0.29) is 91.1 Å². The summed E-state index contributed by atoms with van der Waals surface area (Å²) >= 11 is 0. The molecule has 0 aromatic carbocycles. The van der Waals surface area contributed by atoms with Crippen LogP contribution in [0.25, 0.3) is 0 Å². The van der Waals surface area contributed by atoms with E-state index >= 15 is 19.2 Å². The van der Waals surface area contributed by atoms with Crippen LogP contribution < -0.4 is 0 Å². The van der Waals surface area contributed by atoms with Crippen LogP contribution in [0.15, 0.2) is 33.8 Å². The van der Waals surface area contributed by atoms with Crippen LogP contribution in [0, 0.1) is 92.2 Å². The van der Waals surface area contributed by atoms with Crippen LogP contribution in [0.2, 0.25) is 0 Å². The first-order valence-corrected chi connectivity index (χ1v) is 26.4. The number of aliphatic hydroxyl groups is 1. The van der Waals surface area contributed by atoms with Crippen molar-refractivity contribution in [1.82, 2.24) is 0 Å². The number of carbonyl (C=O) groups is 4. The summed E-state index contributed by atoms with van der Waals surface area (Å²) in [5.74, 6) is -0.429. The molecule has 0 amide bonds. The maximum Gasteiger partial charge on any atom is 0.340 e. The molecule has 15 unspecified atom stereocenters. The van der Waals surface area contributed by atoms with Gasteiger partial charge in [-0.1, -0.05) is 69.2 Å². The van der Waals surface area contributed by atoms with Gasteiger partial charge in [0.25, 0.3) is 5.95 Å². The van der Waals surface area contributed by atoms with Crippen molar-refractivity contribution in [3.63, 3.8) is 0 Å². The second kappa shape index (κ2) is 15.1. The highest BCUT2D eigenvalue weighted by molar-refractivity contribution is 6.23. The zero-order chi connectivity index (χ0) is 46.8. The van der Waals surface area contributed by atoms with E-state index in [9.17, 15) is 5.11 Å². The Morgan fingerprint density at radius 2 is 0.682 bits per heavy atom. The molecule has 16 rings (SSSR count). The van der Waals surface area contributed by atoms with Gasteiger partial charge in [0.1, 0.15) is 24.4 Å². The zero-order valence-corrected chi connectivity index (χ0v) is 41.6. The second-order valence-corrected chi connectivity index (χ2v) is 26.7. The van der Waals surface area contributed by atoms with Gasteiger partial charge in [-0.2, -0.15) is 0 Å². The summed E-state index contributed by atoms with van der Waals surface area (Å²) in [6, 6.07) is 0. The third-order valence-electron chi connectivity index (χ3n) is 22.9. The normalized spacial score (nSPS) is 42.8. The SMILES string of the molecule is CC1(C)C2CCC(COC(O)=C3C(C(=O)OC4CCC5CC4C5(C)C)=C(C(=O)OC4CCC5CC4C5(C)C)C(C(=O)OC4CCC5CC4C5(C)C)=C3C(=O)OC3CCC4CC3C4(C)C)C1C2. The van der Waals surface area contributed by atoms with Crippen LogP contribution in [0.5, 0.6) is 0 Å². The fraction of sp³-hybridized carbons (Fsp3) is 0.821. The van der Waals surface area contributed by atoms with Crippen molar-refractivity contribution in [2.45, 2.75) is 190 Å². The average Bonchev–Trinajstić information content (AvgIpc) is 3.65. The second-order valence-electron chi connectivity index (χ2n) is 26.7. The maximum atomic E-state index is 15.4. The zero-order valence-electron chi connectivity index (χ0n) is 41.6. The number of esters is 4. The molecule has 0 aromatic rings. The van der Waals surface area contributed by atoms with E-state index in [1.807, 2.05) is 0 Å². The molecule has 15 atom stereocenters. The summed E-state index contributed by atoms with van der Waals surface area (Å²) < 4.78 is 32.6. The Kier molecular flexibility index (Phi) is 10.3. The van der Waals surface area contributed by atoms with Crippen LogP contribution in [0.3, 0.4) is 0 Å². The molecule has 10 heteroatoms. The van der Waals surface area contributed by atoms with Gasteiger partial charge in [-0.25, -0.2) is 19.2 Å². The summed E-state index contributed by atoms with van der Waals surface area (Å²) in [5.41, 5.74) is -1.78. The standard InChI is InChI=1S/C56H78O10/c1-52(2)28-12-11-27(33(52)21-28)26-62-47(57)42-43(48(58)63-38-17-13-29-22-34(38)53(29,3)4)45(50(60)65-40-19-15-31-24-36(40)55(31,7)8)46(51(61)66-41-20-16-32-25-37(41)56(32,9)10)44(42)49(59)64-39-18-14-30-23-35(39)54(30,5)6/h27-41,57H,11-26H2,1-10H3. The van der Waals surface area contributed by atoms with E-state index in [0.29, 0.717) is 61.2 Å². The van der Waals surface area contributed by atoms with Crippen molar-refractivity contribution in [2.75, 3.05) is 6.61 Å². The molecule has 16 aliphatic rings. The third-order valence-corrected chi connectivity index (χ3v) is 22.9. The number of hydrogen-bond acceptors (Lipinski definition) is 10. The predicted molar refractivity (Wildman–Crippen MR) is 246 cm³/mol. The fourth-order valence-corrected chi connectivity index (χ4v) is 17.4. The Hall–Kier alpha value is -3.30. The molecule has 15 fully saturated rings. The van der Waals surface area contributed by atoms with Gasteiger partial charge in [0.2, 0.25) is 0 Å². The molecule has 362 valence electrons. The van der Waals surface area contributed by atoms with E-state index in [1.165, 1.54) is 0 Å². The highest BCUT2D eigenvalue weighted by atomic mass is 16.6. The molecule has 66 heavy (non-hydrogen) atoms. The smallest absolute Gasteiger partial charge is 0.340 e. The molecule has 0 spiro atoms. The highest BCUT2D eigenvalue weighted by Crippen LogP contribution is 2.65. The lowest BCUT2D eigenvalue weighted by atomic mass is 9.46. The Morgan fingerprint density at radius 1 is 0.409 bits per heavy atom. The lowest BCUT2D eigenvalue weighted by Crippen LogP contribution is -2.56.